The Hall–Kier alpha value is -3.55. The molecule has 0 unspecified atom stereocenters. The minimum Gasteiger partial charge on any atom is -0.491 e. The number of ether oxygens (including phenoxy) is 2. The van der Waals surface area contributed by atoms with E-state index in [4.69, 9.17) is 14.6 Å². The molecule has 8 heteroatoms. The molecular formula is C22H18F2N2O4. The van der Waals surface area contributed by atoms with Crippen LogP contribution in [0.1, 0.15) is 23.2 Å². The lowest BCUT2D eigenvalue weighted by Crippen LogP contribution is -2.02. The first kappa shape index (κ1) is 19.8. The van der Waals surface area contributed by atoms with Crippen LogP contribution in [0.5, 0.6) is 17.4 Å². The van der Waals surface area contributed by atoms with Gasteiger partial charge in [0.1, 0.15) is 5.75 Å². The van der Waals surface area contributed by atoms with Crippen LogP contribution in [0.2, 0.25) is 0 Å². The van der Waals surface area contributed by atoms with Gasteiger partial charge in [0.2, 0.25) is 5.88 Å². The van der Waals surface area contributed by atoms with E-state index in [2.05, 4.69) is 9.97 Å². The van der Waals surface area contributed by atoms with E-state index in [1.807, 2.05) is 0 Å². The van der Waals surface area contributed by atoms with E-state index in [1.165, 1.54) is 7.11 Å². The van der Waals surface area contributed by atoms with Crippen molar-refractivity contribution in [1.29, 1.82) is 0 Å². The second kappa shape index (κ2) is 8.06. The van der Waals surface area contributed by atoms with Gasteiger partial charge in [0.25, 0.3) is 0 Å². The molecule has 1 N–H and O–H groups in total. The first-order valence-corrected chi connectivity index (χ1v) is 9.36. The molecule has 0 atom stereocenters. The van der Waals surface area contributed by atoms with E-state index in [0.29, 0.717) is 17.2 Å². The molecule has 0 bridgehead atoms. The fourth-order valence-corrected chi connectivity index (χ4v) is 3.46. The third-order valence-corrected chi connectivity index (χ3v) is 4.85. The smallest absolute Gasteiger partial charge is 0.307 e. The quantitative estimate of drug-likeness (QED) is 0.649. The van der Waals surface area contributed by atoms with Crippen molar-refractivity contribution in [3.05, 3.63) is 64.9 Å². The van der Waals surface area contributed by atoms with Crippen molar-refractivity contribution in [2.75, 3.05) is 7.11 Å². The van der Waals surface area contributed by atoms with Gasteiger partial charge in [0.15, 0.2) is 23.2 Å². The normalized spacial score (nSPS) is 12.5. The molecule has 1 aromatic heterocycles. The Balaban J connectivity index is 1.69. The highest BCUT2D eigenvalue weighted by Crippen LogP contribution is 2.35. The summed E-state index contributed by atoms with van der Waals surface area (Å²) in [6.07, 6.45) is 2.27. The summed E-state index contributed by atoms with van der Waals surface area (Å²) in [6, 6.07) is 8.91. The van der Waals surface area contributed by atoms with Gasteiger partial charge in [-0.25, -0.2) is 13.8 Å². The molecule has 0 radical (unpaired) electrons. The van der Waals surface area contributed by atoms with E-state index in [9.17, 15) is 13.6 Å². The number of hydrogen-bond donors (Lipinski definition) is 1. The predicted octanol–water partition coefficient (Wildman–Crippen LogP) is 4.34. The number of carbonyl (C=O) groups is 1. The maximum absolute atomic E-state index is 14.2. The molecule has 1 heterocycles. The molecule has 0 fully saturated rings. The molecule has 6 nitrogen and oxygen atoms in total. The Morgan fingerprint density at radius 2 is 1.80 bits per heavy atom. The minimum atomic E-state index is -0.916. The summed E-state index contributed by atoms with van der Waals surface area (Å²) >= 11 is 0. The van der Waals surface area contributed by atoms with Gasteiger partial charge in [-0.2, -0.15) is 4.98 Å². The van der Waals surface area contributed by atoms with Gasteiger partial charge in [0.05, 0.1) is 19.2 Å². The highest BCUT2D eigenvalue weighted by atomic mass is 19.1. The molecule has 3 aromatic rings. The Morgan fingerprint density at radius 1 is 1.10 bits per heavy atom. The van der Waals surface area contributed by atoms with Crippen molar-refractivity contribution in [2.24, 2.45) is 0 Å². The summed E-state index contributed by atoms with van der Waals surface area (Å²) in [6.45, 7) is 0. The van der Waals surface area contributed by atoms with Crippen LogP contribution in [0, 0.1) is 11.6 Å². The maximum atomic E-state index is 14.2. The van der Waals surface area contributed by atoms with Gasteiger partial charge in [-0.3, -0.25) is 4.79 Å². The van der Waals surface area contributed by atoms with Crippen LogP contribution >= 0.6 is 0 Å². The molecule has 30 heavy (non-hydrogen) atoms. The van der Waals surface area contributed by atoms with Crippen LogP contribution in [0.25, 0.3) is 11.4 Å². The Labute approximate surface area is 171 Å². The zero-order valence-electron chi connectivity index (χ0n) is 16.1. The van der Waals surface area contributed by atoms with Crippen LogP contribution in [0.15, 0.2) is 36.4 Å². The molecule has 0 spiro atoms. The molecular weight excluding hydrogens is 394 g/mol. The molecule has 0 saturated heterocycles. The number of aliphatic carboxylic acids is 1. The van der Waals surface area contributed by atoms with Crippen molar-refractivity contribution in [3.8, 4) is 28.8 Å². The molecule has 1 aliphatic carbocycles. The molecule has 154 valence electrons. The second-order valence-electron chi connectivity index (χ2n) is 6.92. The van der Waals surface area contributed by atoms with Crippen molar-refractivity contribution >= 4 is 5.97 Å². The van der Waals surface area contributed by atoms with Crippen LogP contribution in [-0.4, -0.2) is 28.2 Å². The van der Waals surface area contributed by atoms with Crippen LogP contribution in [0.4, 0.5) is 8.78 Å². The van der Waals surface area contributed by atoms with Crippen molar-refractivity contribution in [1.82, 2.24) is 9.97 Å². The number of benzene rings is 2. The summed E-state index contributed by atoms with van der Waals surface area (Å²) in [5.74, 6) is -2.08. The fraction of sp³-hybridized carbons (Fsp3) is 0.227. The fourth-order valence-electron chi connectivity index (χ4n) is 3.46. The Bertz CT molecular complexity index is 1090. The maximum Gasteiger partial charge on any atom is 0.307 e. The van der Waals surface area contributed by atoms with E-state index in [0.717, 1.165) is 42.7 Å². The summed E-state index contributed by atoms with van der Waals surface area (Å²) < 4.78 is 39.0. The predicted molar refractivity (Wildman–Crippen MR) is 104 cm³/mol. The number of fused-ring (bicyclic) bond motifs is 1. The number of carboxylic acids is 1. The lowest BCUT2D eigenvalue weighted by atomic mass is 10.1. The number of aryl methyl sites for hydroxylation is 1. The van der Waals surface area contributed by atoms with Crippen molar-refractivity contribution in [3.63, 3.8) is 0 Å². The lowest BCUT2D eigenvalue weighted by Gasteiger charge is -2.12. The summed E-state index contributed by atoms with van der Waals surface area (Å²) in [5, 5.41) is 8.88. The van der Waals surface area contributed by atoms with Gasteiger partial charge in [-0.1, -0.05) is 12.1 Å². The first-order valence-electron chi connectivity index (χ1n) is 9.36. The molecule has 0 amide bonds. The highest BCUT2D eigenvalue weighted by molar-refractivity contribution is 5.70. The molecule has 0 aliphatic heterocycles. The van der Waals surface area contributed by atoms with Crippen molar-refractivity contribution in [2.45, 2.75) is 25.7 Å². The SMILES string of the molecule is COc1c(F)cc(-c2nc3c(c(Oc4ccc(CC(=O)O)cc4)n2)CCC3)cc1F. The number of rotatable bonds is 6. The number of halogens is 2. The zero-order valence-corrected chi connectivity index (χ0v) is 16.1. The Morgan fingerprint density at radius 3 is 2.43 bits per heavy atom. The number of carboxylic acid groups (broad SMARTS) is 1. The van der Waals surface area contributed by atoms with E-state index in [-0.39, 0.29) is 17.8 Å². The third kappa shape index (κ3) is 3.94. The number of nitrogens with zero attached hydrogens (tertiary/aromatic N) is 2. The standard InChI is InChI=1S/C22H18F2N2O4/c1-29-20-16(23)10-13(11-17(20)24)21-25-18-4-2-3-15(18)22(26-21)30-14-7-5-12(6-8-14)9-19(27)28/h5-8,10-11H,2-4,9H2,1H3,(H,27,28). The van der Waals surface area contributed by atoms with Gasteiger partial charge in [-0.15, -0.1) is 0 Å². The highest BCUT2D eigenvalue weighted by Gasteiger charge is 2.23. The first-order chi connectivity index (χ1) is 14.4. The minimum absolute atomic E-state index is 0.0814. The summed E-state index contributed by atoms with van der Waals surface area (Å²) in [4.78, 5) is 19.7. The average Bonchev–Trinajstić information content (AvgIpc) is 3.18. The topological polar surface area (TPSA) is 81.5 Å². The average molecular weight is 412 g/mol. The van der Waals surface area contributed by atoms with Gasteiger partial charge in [-0.05, 0) is 49.1 Å². The molecule has 0 saturated carbocycles. The third-order valence-electron chi connectivity index (χ3n) is 4.85. The van der Waals surface area contributed by atoms with E-state index >= 15 is 0 Å². The zero-order chi connectivity index (χ0) is 21.3. The van der Waals surface area contributed by atoms with Crippen LogP contribution in [-0.2, 0) is 24.1 Å². The van der Waals surface area contributed by atoms with Gasteiger partial charge >= 0.3 is 5.97 Å². The van der Waals surface area contributed by atoms with E-state index in [1.54, 1.807) is 24.3 Å². The van der Waals surface area contributed by atoms with E-state index < -0.39 is 23.4 Å². The van der Waals surface area contributed by atoms with Gasteiger partial charge < -0.3 is 14.6 Å². The number of aromatic nitrogens is 2. The van der Waals surface area contributed by atoms with Crippen LogP contribution in [0.3, 0.4) is 0 Å². The largest absolute Gasteiger partial charge is 0.491 e. The van der Waals surface area contributed by atoms with Gasteiger partial charge in [0, 0.05) is 11.1 Å². The second-order valence-corrected chi connectivity index (χ2v) is 6.92. The lowest BCUT2D eigenvalue weighted by molar-refractivity contribution is -0.136. The van der Waals surface area contributed by atoms with Crippen LogP contribution < -0.4 is 9.47 Å². The number of hydrogen-bond acceptors (Lipinski definition) is 5. The number of methoxy groups -OCH3 is 1. The molecule has 1 aliphatic rings. The summed E-state index contributed by atoms with van der Waals surface area (Å²) in [7, 11) is 1.20. The monoisotopic (exact) mass is 412 g/mol. The molecule has 2 aromatic carbocycles. The Kier molecular flexibility index (Phi) is 5.31. The van der Waals surface area contributed by atoms with Crippen molar-refractivity contribution < 1.29 is 28.2 Å². The summed E-state index contributed by atoms with van der Waals surface area (Å²) in [5.41, 5.74) is 2.48. The molecule has 4 rings (SSSR count).